The van der Waals surface area contributed by atoms with Crippen LogP contribution in [0.2, 0.25) is 0 Å². The van der Waals surface area contributed by atoms with Crippen molar-refractivity contribution in [2.75, 3.05) is 13.7 Å². The summed E-state index contributed by atoms with van der Waals surface area (Å²) in [5.41, 5.74) is 3.11. The molecule has 0 aliphatic carbocycles. The third-order valence-corrected chi connectivity index (χ3v) is 5.16. The lowest BCUT2D eigenvalue weighted by molar-refractivity contribution is -0.140. The molecule has 7 heteroatoms. The van der Waals surface area contributed by atoms with Crippen molar-refractivity contribution in [2.45, 2.75) is 19.9 Å². The van der Waals surface area contributed by atoms with Crippen LogP contribution < -0.4 is 0 Å². The summed E-state index contributed by atoms with van der Waals surface area (Å²) >= 11 is 3.42. The molecule has 29 heavy (non-hydrogen) atoms. The third kappa shape index (κ3) is 5.12. The summed E-state index contributed by atoms with van der Waals surface area (Å²) < 4.78 is 7.44. The minimum atomic E-state index is -0.349. The van der Waals surface area contributed by atoms with E-state index in [9.17, 15) is 9.59 Å². The Kier molecular flexibility index (Phi) is 6.82. The van der Waals surface area contributed by atoms with Gasteiger partial charge in [0.15, 0.2) is 0 Å². The Labute approximate surface area is 178 Å². The van der Waals surface area contributed by atoms with E-state index in [2.05, 4.69) is 21.0 Å². The average molecular weight is 456 g/mol. The molecule has 0 radical (unpaired) electrons. The summed E-state index contributed by atoms with van der Waals surface area (Å²) in [6, 6.07) is 17.4. The molecule has 6 nitrogen and oxygen atoms in total. The second-order valence-electron chi connectivity index (χ2n) is 6.57. The van der Waals surface area contributed by atoms with E-state index in [0.29, 0.717) is 12.1 Å². The Morgan fingerprint density at radius 2 is 1.79 bits per heavy atom. The molecule has 1 aromatic heterocycles. The number of benzene rings is 2. The van der Waals surface area contributed by atoms with Crippen LogP contribution in [0.3, 0.4) is 0 Å². The third-order valence-electron chi connectivity index (χ3n) is 4.63. The molecule has 150 valence electrons. The van der Waals surface area contributed by atoms with Gasteiger partial charge in [-0.05, 0) is 36.8 Å². The van der Waals surface area contributed by atoms with Gasteiger partial charge in [-0.25, -0.2) is 4.68 Å². The smallest absolute Gasteiger partial charge is 0.307 e. The Morgan fingerprint density at radius 3 is 2.45 bits per heavy atom. The van der Waals surface area contributed by atoms with Crippen molar-refractivity contribution in [3.63, 3.8) is 0 Å². The Morgan fingerprint density at radius 1 is 1.10 bits per heavy atom. The first-order valence-corrected chi connectivity index (χ1v) is 9.99. The molecule has 0 saturated carbocycles. The highest BCUT2D eigenvalue weighted by Gasteiger charge is 2.22. The van der Waals surface area contributed by atoms with Crippen LogP contribution in [0.5, 0.6) is 0 Å². The normalized spacial score (nSPS) is 10.6. The average Bonchev–Trinajstić information content (AvgIpc) is 3.13. The molecule has 0 atom stereocenters. The SMILES string of the molecule is COC(=O)CCN(Cc1ccccc1)C(=O)c1cnn(-c2ccc(Br)cc2)c1C. The van der Waals surface area contributed by atoms with Gasteiger partial charge >= 0.3 is 5.97 Å². The molecule has 0 aliphatic heterocycles. The monoisotopic (exact) mass is 455 g/mol. The Bertz CT molecular complexity index is 984. The van der Waals surface area contributed by atoms with E-state index in [4.69, 9.17) is 4.74 Å². The van der Waals surface area contributed by atoms with Gasteiger partial charge in [0.25, 0.3) is 5.91 Å². The van der Waals surface area contributed by atoms with E-state index in [1.165, 1.54) is 7.11 Å². The van der Waals surface area contributed by atoms with E-state index >= 15 is 0 Å². The summed E-state index contributed by atoms with van der Waals surface area (Å²) in [5, 5.41) is 4.40. The van der Waals surface area contributed by atoms with Crippen molar-refractivity contribution >= 4 is 27.8 Å². The lowest BCUT2D eigenvalue weighted by atomic mass is 10.1. The van der Waals surface area contributed by atoms with Crippen molar-refractivity contribution in [1.29, 1.82) is 0 Å². The molecule has 0 spiro atoms. The Balaban J connectivity index is 1.86. The molecular weight excluding hydrogens is 434 g/mol. The highest BCUT2D eigenvalue weighted by Crippen LogP contribution is 2.19. The van der Waals surface area contributed by atoms with Gasteiger partial charge in [-0.3, -0.25) is 9.59 Å². The highest BCUT2D eigenvalue weighted by molar-refractivity contribution is 9.10. The van der Waals surface area contributed by atoms with Gasteiger partial charge in [-0.1, -0.05) is 46.3 Å². The lowest BCUT2D eigenvalue weighted by Gasteiger charge is -2.22. The molecule has 0 saturated heterocycles. The zero-order chi connectivity index (χ0) is 20.8. The fraction of sp³-hybridized carbons (Fsp3) is 0.227. The van der Waals surface area contributed by atoms with Crippen LogP contribution in [0.1, 0.15) is 28.0 Å². The van der Waals surface area contributed by atoms with Gasteiger partial charge in [-0.15, -0.1) is 0 Å². The number of ether oxygens (including phenoxy) is 1. The number of carbonyl (C=O) groups is 2. The standard InChI is InChI=1S/C22H22BrN3O3/c1-16-20(14-24-26(16)19-10-8-18(23)9-11-19)22(28)25(13-12-21(27)29-2)15-17-6-4-3-5-7-17/h3-11,14H,12-13,15H2,1-2H3. The van der Waals surface area contributed by atoms with Crippen LogP contribution >= 0.6 is 15.9 Å². The molecule has 3 aromatic rings. The number of halogens is 1. The van der Waals surface area contributed by atoms with E-state index in [-0.39, 0.29) is 24.8 Å². The number of methoxy groups -OCH3 is 1. The molecule has 0 aliphatic rings. The highest BCUT2D eigenvalue weighted by atomic mass is 79.9. The van der Waals surface area contributed by atoms with Gasteiger partial charge in [-0.2, -0.15) is 5.10 Å². The van der Waals surface area contributed by atoms with Gasteiger partial charge in [0, 0.05) is 17.6 Å². The van der Waals surface area contributed by atoms with Crippen molar-refractivity contribution < 1.29 is 14.3 Å². The lowest BCUT2D eigenvalue weighted by Crippen LogP contribution is -2.33. The van der Waals surface area contributed by atoms with Gasteiger partial charge < -0.3 is 9.64 Å². The summed E-state index contributed by atoms with van der Waals surface area (Å²) in [7, 11) is 1.35. The molecule has 0 fully saturated rings. The number of amides is 1. The first-order valence-electron chi connectivity index (χ1n) is 9.20. The minimum absolute atomic E-state index is 0.134. The first-order chi connectivity index (χ1) is 14.0. The second-order valence-corrected chi connectivity index (χ2v) is 7.49. The van der Waals surface area contributed by atoms with Crippen LogP contribution in [0, 0.1) is 6.92 Å². The van der Waals surface area contributed by atoms with E-state index in [0.717, 1.165) is 21.4 Å². The number of hydrogen-bond acceptors (Lipinski definition) is 4. The topological polar surface area (TPSA) is 64.4 Å². The van der Waals surface area contributed by atoms with Crippen molar-refractivity contribution in [1.82, 2.24) is 14.7 Å². The van der Waals surface area contributed by atoms with Crippen molar-refractivity contribution in [3.8, 4) is 5.69 Å². The summed E-state index contributed by atoms with van der Waals surface area (Å²) in [6.07, 6.45) is 1.71. The van der Waals surface area contributed by atoms with Gasteiger partial charge in [0.2, 0.25) is 0 Å². The Hall–Kier alpha value is -2.93. The maximum Gasteiger partial charge on any atom is 0.307 e. The number of nitrogens with zero attached hydrogens (tertiary/aromatic N) is 3. The van der Waals surface area contributed by atoms with Crippen LogP contribution in [-0.4, -0.2) is 40.2 Å². The van der Waals surface area contributed by atoms with E-state index in [1.54, 1.807) is 15.8 Å². The fourth-order valence-corrected chi connectivity index (χ4v) is 3.28. The molecule has 0 N–H and O–H groups in total. The van der Waals surface area contributed by atoms with Crippen LogP contribution in [0.4, 0.5) is 0 Å². The zero-order valence-electron chi connectivity index (χ0n) is 16.3. The van der Waals surface area contributed by atoms with Crippen LogP contribution in [-0.2, 0) is 16.1 Å². The second kappa shape index (κ2) is 9.52. The molecular formula is C22H22BrN3O3. The maximum absolute atomic E-state index is 13.3. The van der Waals surface area contributed by atoms with Gasteiger partial charge in [0.05, 0.1) is 36.7 Å². The number of rotatable bonds is 7. The maximum atomic E-state index is 13.3. The molecule has 0 unspecified atom stereocenters. The fourth-order valence-electron chi connectivity index (χ4n) is 3.02. The molecule has 2 aromatic carbocycles. The predicted molar refractivity (Wildman–Crippen MR) is 114 cm³/mol. The molecule has 1 amide bonds. The van der Waals surface area contributed by atoms with Gasteiger partial charge in [0.1, 0.15) is 0 Å². The summed E-state index contributed by atoms with van der Waals surface area (Å²) in [6.45, 7) is 2.53. The van der Waals surface area contributed by atoms with Crippen LogP contribution in [0.25, 0.3) is 5.69 Å². The van der Waals surface area contributed by atoms with Crippen molar-refractivity contribution in [2.24, 2.45) is 0 Å². The predicted octanol–water partition coefficient (Wildman–Crippen LogP) is 4.15. The summed E-state index contributed by atoms with van der Waals surface area (Å²) in [4.78, 5) is 26.6. The quantitative estimate of drug-likeness (QED) is 0.502. The van der Waals surface area contributed by atoms with Crippen molar-refractivity contribution in [3.05, 3.63) is 82.1 Å². The number of hydrogen-bond donors (Lipinski definition) is 0. The van der Waals surface area contributed by atoms with E-state index < -0.39 is 0 Å². The first kappa shape index (κ1) is 20.8. The number of aromatic nitrogens is 2. The molecule has 3 rings (SSSR count). The number of esters is 1. The largest absolute Gasteiger partial charge is 0.469 e. The molecule has 0 bridgehead atoms. The van der Waals surface area contributed by atoms with Crippen LogP contribution in [0.15, 0.2) is 65.3 Å². The molecule has 1 heterocycles. The summed E-state index contributed by atoms with van der Waals surface area (Å²) in [5.74, 6) is -0.517. The van der Waals surface area contributed by atoms with E-state index in [1.807, 2.05) is 61.5 Å². The zero-order valence-corrected chi connectivity index (χ0v) is 17.9. The minimum Gasteiger partial charge on any atom is -0.469 e. The number of carbonyl (C=O) groups excluding carboxylic acids is 2.